The number of hydrogen-bond acceptors (Lipinski definition) is 2. The van der Waals surface area contributed by atoms with Crippen LogP contribution in [0.2, 0.25) is 0 Å². The van der Waals surface area contributed by atoms with Crippen molar-refractivity contribution < 1.29 is 22.6 Å². The molecule has 5 heteroatoms. The lowest BCUT2D eigenvalue weighted by molar-refractivity contribution is -0.137. The highest BCUT2D eigenvalue weighted by Gasteiger charge is 2.32. The van der Waals surface area contributed by atoms with Gasteiger partial charge in [-0.3, -0.25) is 0 Å². The Kier molecular flexibility index (Phi) is 5.32. The molecule has 0 radical (unpaired) electrons. The molecule has 2 aromatic carbocycles. The Morgan fingerprint density at radius 3 is 2.39 bits per heavy atom. The average Bonchev–Trinajstić information content (AvgIpc) is 2.54. The molecular formula is C18H17F3O2. The number of alkyl halides is 3. The number of allylic oxidation sites excluding steroid dienone is 1. The quantitative estimate of drug-likeness (QED) is 0.773. The normalized spacial score (nSPS) is 11.7. The molecule has 2 aromatic rings. The van der Waals surface area contributed by atoms with Gasteiger partial charge in [0, 0.05) is 6.07 Å². The molecular weight excluding hydrogens is 305 g/mol. The van der Waals surface area contributed by atoms with Crippen LogP contribution in [0.4, 0.5) is 13.2 Å². The molecule has 2 nitrogen and oxygen atoms in total. The maximum Gasteiger partial charge on any atom is 0.416 e. The summed E-state index contributed by atoms with van der Waals surface area (Å²) in [5.41, 5.74) is 0.375. The third-order valence-corrected chi connectivity index (χ3v) is 3.40. The maximum atomic E-state index is 12.9. The predicted molar refractivity (Wildman–Crippen MR) is 83.7 cm³/mol. The largest absolute Gasteiger partial charge is 0.497 e. The van der Waals surface area contributed by atoms with Crippen molar-refractivity contribution >= 4 is 6.08 Å². The Morgan fingerprint density at radius 1 is 1.00 bits per heavy atom. The van der Waals surface area contributed by atoms with Crippen LogP contribution in [0.1, 0.15) is 16.7 Å². The van der Waals surface area contributed by atoms with Crippen LogP contribution >= 0.6 is 0 Å². The van der Waals surface area contributed by atoms with Crippen molar-refractivity contribution in [3.8, 4) is 11.5 Å². The molecule has 0 aliphatic rings. The second kappa shape index (κ2) is 7.22. The zero-order valence-electron chi connectivity index (χ0n) is 12.9. The molecule has 0 bridgehead atoms. The van der Waals surface area contributed by atoms with Gasteiger partial charge >= 0.3 is 6.18 Å². The summed E-state index contributed by atoms with van der Waals surface area (Å²) in [7, 11) is 3.10. The SMILES string of the molecule is COc1ccc(C/C=C/c2ccccc2C(F)(F)F)c(OC)c1. The van der Waals surface area contributed by atoms with Crippen molar-refractivity contribution in [2.24, 2.45) is 0 Å². The minimum Gasteiger partial charge on any atom is -0.497 e. The van der Waals surface area contributed by atoms with Crippen molar-refractivity contribution in [3.05, 3.63) is 65.2 Å². The zero-order valence-corrected chi connectivity index (χ0v) is 12.9. The zero-order chi connectivity index (χ0) is 16.9. The molecule has 0 aliphatic carbocycles. The molecule has 0 unspecified atom stereocenters. The van der Waals surface area contributed by atoms with E-state index in [9.17, 15) is 13.2 Å². The summed E-state index contributed by atoms with van der Waals surface area (Å²) in [5.74, 6) is 1.30. The third kappa shape index (κ3) is 4.28. The fourth-order valence-corrected chi connectivity index (χ4v) is 2.23. The van der Waals surface area contributed by atoms with E-state index in [4.69, 9.17) is 9.47 Å². The summed E-state index contributed by atoms with van der Waals surface area (Å²) in [4.78, 5) is 0. The first-order valence-corrected chi connectivity index (χ1v) is 6.99. The van der Waals surface area contributed by atoms with Gasteiger partial charge < -0.3 is 9.47 Å². The highest BCUT2D eigenvalue weighted by atomic mass is 19.4. The Morgan fingerprint density at radius 2 is 1.74 bits per heavy atom. The number of benzene rings is 2. The van der Waals surface area contributed by atoms with Crippen LogP contribution in [0.3, 0.4) is 0 Å². The van der Waals surface area contributed by atoms with Crippen LogP contribution in [-0.4, -0.2) is 14.2 Å². The first kappa shape index (κ1) is 16.9. The molecule has 0 heterocycles. The van der Waals surface area contributed by atoms with Crippen LogP contribution in [0.25, 0.3) is 6.08 Å². The molecule has 0 N–H and O–H groups in total. The minimum atomic E-state index is -4.36. The van der Waals surface area contributed by atoms with E-state index in [-0.39, 0.29) is 5.56 Å². The van der Waals surface area contributed by atoms with Crippen LogP contribution in [0, 0.1) is 0 Å². The molecule has 0 spiro atoms. The Labute approximate surface area is 133 Å². The van der Waals surface area contributed by atoms with Gasteiger partial charge in [-0.15, -0.1) is 0 Å². The maximum absolute atomic E-state index is 12.9. The number of halogens is 3. The van der Waals surface area contributed by atoms with Crippen molar-refractivity contribution in [3.63, 3.8) is 0 Å². The molecule has 122 valence electrons. The summed E-state index contributed by atoms with van der Waals surface area (Å²) in [6, 6.07) is 10.9. The number of rotatable bonds is 5. The molecule has 0 amide bonds. The second-order valence-corrected chi connectivity index (χ2v) is 4.87. The molecule has 0 aromatic heterocycles. The van der Waals surface area contributed by atoms with E-state index in [0.29, 0.717) is 17.9 Å². The Bertz CT molecular complexity index is 691. The summed E-state index contributed by atoms with van der Waals surface area (Å²) < 4.78 is 49.2. The number of ether oxygens (including phenoxy) is 2. The van der Waals surface area contributed by atoms with Gasteiger partial charge in [-0.2, -0.15) is 13.2 Å². The minimum absolute atomic E-state index is 0.146. The number of methoxy groups -OCH3 is 2. The van der Waals surface area contributed by atoms with Crippen LogP contribution in [0.5, 0.6) is 11.5 Å². The van der Waals surface area contributed by atoms with E-state index in [2.05, 4.69) is 0 Å². The molecule has 0 fully saturated rings. The lowest BCUT2D eigenvalue weighted by atomic mass is 10.0. The molecule has 0 atom stereocenters. The highest BCUT2D eigenvalue weighted by molar-refractivity contribution is 5.55. The first-order chi connectivity index (χ1) is 11.0. The van der Waals surface area contributed by atoms with E-state index >= 15 is 0 Å². The van der Waals surface area contributed by atoms with Crippen molar-refractivity contribution in [1.82, 2.24) is 0 Å². The predicted octanol–water partition coefficient (Wildman–Crippen LogP) is 4.98. The van der Waals surface area contributed by atoms with Crippen molar-refractivity contribution in [1.29, 1.82) is 0 Å². The van der Waals surface area contributed by atoms with Gasteiger partial charge in [-0.25, -0.2) is 0 Å². The van der Waals surface area contributed by atoms with Gasteiger partial charge in [-0.05, 0) is 29.7 Å². The average molecular weight is 322 g/mol. The summed E-state index contributed by atoms with van der Waals surface area (Å²) in [6.07, 6.45) is -0.737. The van der Waals surface area contributed by atoms with Gasteiger partial charge in [0.2, 0.25) is 0 Å². The van der Waals surface area contributed by atoms with E-state index in [0.717, 1.165) is 11.6 Å². The highest BCUT2D eigenvalue weighted by Crippen LogP contribution is 2.32. The van der Waals surface area contributed by atoms with Gasteiger partial charge in [0.15, 0.2) is 0 Å². The molecule has 23 heavy (non-hydrogen) atoms. The van der Waals surface area contributed by atoms with E-state index in [1.165, 1.54) is 18.2 Å². The summed E-state index contributed by atoms with van der Waals surface area (Å²) in [5, 5.41) is 0. The number of hydrogen-bond donors (Lipinski definition) is 0. The fraction of sp³-hybridized carbons (Fsp3) is 0.222. The summed E-state index contributed by atoms with van der Waals surface area (Å²) >= 11 is 0. The van der Waals surface area contributed by atoms with Crippen molar-refractivity contribution in [2.45, 2.75) is 12.6 Å². The monoisotopic (exact) mass is 322 g/mol. The fourth-order valence-electron chi connectivity index (χ4n) is 2.23. The standard InChI is InChI=1S/C18H17F3O2/c1-22-15-11-10-14(17(12-15)23-2)8-5-7-13-6-3-4-9-16(13)18(19,20)21/h3-7,9-12H,8H2,1-2H3/b7-5+. The molecule has 0 saturated heterocycles. The molecule has 2 rings (SSSR count). The van der Waals surface area contributed by atoms with Gasteiger partial charge in [0.25, 0.3) is 0 Å². The van der Waals surface area contributed by atoms with Gasteiger partial charge in [0.1, 0.15) is 11.5 Å². The second-order valence-electron chi connectivity index (χ2n) is 4.87. The Hall–Kier alpha value is -2.43. The lowest BCUT2D eigenvalue weighted by Crippen LogP contribution is -2.06. The smallest absolute Gasteiger partial charge is 0.416 e. The molecule has 0 saturated carbocycles. The topological polar surface area (TPSA) is 18.5 Å². The molecule has 0 aliphatic heterocycles. The van der Waals surface area contributed by atoms with Gasteiger partial charge in [0.05, 0.1) is 19.8 Å². The van der Waals surface area contributed by atoms with Crippen molar-refractivity contribution in [2.75, 3.05) is 14.2 Å². The van der Waals surface area contributed by atoms with E-state index in [1.807, 2.05) is 6.07 Å². The summed E-state index contributed by atoms with van der Waals surface area (Å²) in [6.45, 7) is 0. The van der Waals surface area contributed by atoms with Crippen LogP contribution < -0.4 is 9.47 Å². The third-order valence-electron chi connectivity index (χ3n) is 3.40. The van der Waals surface area contributed by atoms with Crippen LogP contribution in [-0.2, 0) is 12.6 Å². The van der Waals surface area contributed by atoms with E-state index < -0.39 is 11.7 Å². The first-order valence-electron chi connectivity index (χ1n) is 6.99. The Balaban J connectivity index is 2.20. The van der Waals surface area contributed by atoms with E-state index in [1.54, 1.807) is 38.5 Å². The van der Waals surface area contributed by atoms with Crippen LogP contribution in [0.15, 0.2) is 48.5 Å². The van der Waals surface area contributed by atoms with Gasteiger partial charge in [-0.1, -0.05) is 36.4 Å². The lowest BCUT2D eigenvalue weighted by Gasteiger charge is -2.10.